The van der Waals surface area contributed by atoms with E-state index in [1.807, 2.05) is 25.1 Å². The molecular weight excluding hydrogens is 395 g/mol. The Bertz CT molecular complexity index is 1020. The Hall–Kier alpha value is -3.13. The van der Waals surface area contributed by atoms with Gasteiger partial charge in [-0.3, -0.25) is 4.79 Å². The summed E-state index contributed by atoms with van der Waals surface area (Å²) >= 11 is 0. The molecule has 1 aromatic heterocycles. The number of rotatable bonds is 8. The van der Waals surface area contributed by atoms with Gasteiger partial charge in [-0.1, -0.05) is 12.1 Å². The average molecular weight is 417 g/mol. The van der Waals surface area contributed by atoms with Gasteiger partial charge in [0, 0.05) is 25.5 Å². The van der Waals surface area contributed by atoms with Crippen molar-refractivity contribution in [1.29, 1.82) is 0 Å². The maximum atomic E-state index is 13.8. The van der Waals surface area contributed by atoms with E-state index in [2.05, 4.69) is 10.3 Å². The summed E-state index contributed by atoms with van der Waals surface area (Å²) < 4.78 is 45.9. The second kappa shape index (κ2) is 9.58. The number of halogens is 3. The first-order valence-corrected chi connectivity index (χ1v) is 9.42. The van der Waals surface area contributed by atoms with Crippen LogP contribution in [-0.4, -0.2) is 36.4 Å². The number of carbonyl (C=O) groups is 1. The molecule has 30 heavy (non-hydrogen) atoms. The number of benzene rings is 2. The van der Waals surface area contributed by atoms with Gasteiger partial charge >= 0.3 is 0 Å². The van der Waals surface area contributed by atoms with Crippen LogP contribution in [0.2, 0.25) is 0 Å². The smallest absolute Gasteiger partial charge is 0.220 e. The lowest BCUT2D eigenvalue weighted by Crippen LogP contribution is -2.34. The Kier molecular flexibility index (Phi) is 6.89. The number of oxazole rings is 1. The van der Waals surface area contributed by atoms with E-state index in [4.69, 9.17) is 4.42 Å². The van der Waals surface area contributed by atoms with Gasteiger partial charge < -0.3 is 14.6 Å². The molecule has 0 spiro atoms. The number of hydrogen-bond acceptors (Lipinski definition) is 4. The largest absolute Gasteiger partial charge is 0.441 e. The monoisotopic (exact) mass is 417 g/mol. The summed E-state index contributed by atoms with van der Waals surface area (Å²) in [5, 5.41) is 2.83. The van der Waals surface area contributed by atoms with Crippen LogP contribution >= 0.6 is 0 Å². The molecule has 0 aliphatic carbocycles. The van der Waals surface area contributed by atoms with Gasteiger partial charge in [0.05, 0.1) is 17.8 Å². The third-order valence-corrected chi connectivity index (χ3v) is 4.67. The van der Waals surface area contributed by atoms with Crippen LogP contribution in [0.1, 0.15) is 23.9 Å². The SMILES string of the molecule is CN(C)[C@@H](CNC(=O)CCc1ncc(-c2ccc(F)cc2F)o1)c1cccc(F)c1. The van der Waals surface area contributed by atoms with Gasteiger partial charge in [-0.05, 0) is 43.9 Å². The molecule has 8 heteroatoms. The predicted molar refractivity (Wildman–Crippen MR) is 106 cm³/mol. The molecule has 5 nitrogen and oxygen atoms in total. The van der Waals surface area contributed by atoms with E-state index in [0.29, 0.717) is 6.54 Å². The fourth-order valence-corrected chi connectivity index (χ4v) is 3.07. The second-order valence-electron chi connectivity index (χ2n) is 7.08. The molecule has 1 atom stereocenters. The van der Waals surface area contributed by atoms with Gasteiger partial charge in [0.1, 0.15) is 17.5 Å². The van der Waals surface area contributed by atoms with E-state index in [0.717, 1.165) is 17.7 Å². The Morgan fingerprint density at radius 3 is 2.60 bits per heavy atom. The predicted octanol–water partition coefficient (Wildman–Crippen LogP) is 4.11. The number of nitrogens with one attached hydrogen (secondary N) is 1. The van der Waals surface area contributed by atoms with Gasteiger partial charge in [-0.15, -0.1) is 0 Å². The summed E-state index contributed by atoms with van der Waals surface area (Å²) in [5.74, 6) is -1.53. The minimum absolute atomic E-state index is 0.100. The summed E-state index contributed by atoms with van der Waals surface area (Å²) in [6.45, 7) is 0.312. The zero-order chi connectivity index (χ0) is 21.7. The minimum atomic E-state index is -0.748. The summed E-state index contributed by atoms with van der Waals surface area (Å²) in [6, 6.07) is 9.25. The highest BCUT2D eigenvalue weighted by molar-refractivity contribution is 5.76. The first-order chi connectivity index (χ1) is 14.3. The van der Waals surface area contributed by atoms with E-state index in [1.165, 1.54) is 24.4 Å². The number of aryl methyl sites for hydroxylation is 1. The highest BCUT2D eigenvalue weighted by atomic mass is 19.1. The third-order valence-electron chi connectivity index (χ3n) is 4.67. The number of hydrogen-bond donors (Lipinski definition) is 1. The molecule has 1 N–H and O–H groups in total. The molecule has 0 bridgehead atoms. The lowest BCUT2D eigenvalue weighted by Gasteiger charge is -2.25. The van der Waals surface area contributed by atoms with Crippen LogP contribution in [-0.2, 0) is 11.2 Å². The van der Waals surface area contributed by atoms with Crippen LogP contribution in [0.3, 0.4) is 0 Å². The maximum absolute atomic E-state index is 13.8. The fourth-order valence-electron chi connectivity index (χ4n) is 3.07. The molecule has 2 aromatic carbocycles. The van der Waals surface area contributed by atoms with Crippen LogP contribution < -0.4 is 5.32 Å². The Morgan fingerprint density at radius 1 is 1.13 bits per heavy atom. The molecule has 0 unspecified atom stereocenters. The minimum Gasteiger partial charge on any atom is -0.441 e. The van der Waals surface area contributed by atoms with Crippen molar-refractivity contribution in [3.63, 3.8) is 0 Å². The molecular formula is C22H22F3N3O2. The molecule has 0 radical (unpaired) electrons. The summed E-state index contributed by atoms with van der Waals surface area (Å²) in [5.41, 5.74) is 0.863. The van der Waals surface area contributed by atoms with E-state index >= 15 is 0 Å². The Morgan fingerprint density at radius 2 is 1.90 bits per heavy atom. The van der Waals surface area contributed by atoms with Crippen molar-refractivity contribution in [2.24, 2.45) is 0 Å². The average Bonchev–Trinajstić information content (AvgIpc) is 3.15. The summed E-state index contributed by atoms with van der Waals surface area (Å²) in [4.78, 5) is 18.2. The third kappa shape index (κ3) is 5.48. The zero-order valence-electron chi connectivity index (χ0n) is 16.7. The topological polar surface area (TPSA) is 58.4 Å². The van der Waals surface area contributed by atoms with Gasteiger partial charge in [0.15, 0.2) is 11.7 Å². The number of likely N-dealkylation sites (N-methyl/N-ethyl adjacent to an activating group) is 1. The molecule has 3 rings (SSSR count). The van der Waals surface area contributed by atoms with Crippen LogP contribution in [0, 0.1) is 17.5 Å². The number of amides is 1. The van der Waals surface area contributed by atoms with Crippen molar-refractivity contribution < 1.29 is 22.4 Å². The van der Waals surface area contributed by atoms with Crippen molar-refractivity contribution in [3.05, 3.63) is 77.6 Å². The molecule has 0 fully saturated rings. The first kappa shape index (κ1) is 21.6. The first-order valence-electron chi connectivity index (χ1n) is 9.42. The van der Waals surface area contributed by atoms with Crippen molar-refractivity contribution in [2.45, 2.75) is 18.9 Å². The number of carbonyl (C=O) groups excluding carboxylic acids is 1. The highest BCUT2D eigenvalue weighted by Gasteiger charge is 2.17. The van der Waals surface area contributed by atoms with Crippen LogP contribution in [0.25, 0.3) is 11.3 Å². The Labute approximate surface area is 172 Å². The Balaban J connectivity index is 1.55. The molecule has 0 aliphatic rings. The standard InChI is InChI=1S/C22H22F3N3O2/c1-28(2)19(14-4-3-5-15(23)10-14)12-26-21(29)8-9-22-27-13-20(30-22)17-7-6-16(24)11-18(17)25/h3-7,10-11,13,19H,8-9,12H2,1-2H3,(H,26,29)/t19-/m0/s1. The molecule has 1 amide bonds. The van der Waals surface area contributed by atoms with Crippen LogP contribution in [0.15, 0.2) is 53.1 Å². The maximum Gasteiger partial charge on any atom is 0.220 e. The van der Waals surface area contributed by atoms with E-state index in [-0.39, 0.29) is 47.8 Å². The van der Waals surface area contributed by atoms with Gasteiger partial charge in [-0.2, -0.15) is 0 Å². The van der Waals surface area contributed by atoms with Gasteiger partial charge in [-0.25, -0.2) is 18.2 Å². The molecule has 0 saturated carbocycles. The second-order valence-corrected chi connectivity index (χ2v) is 7.08. The van der Waals surface area contributed by atoms with E-state index < -0.39 is 11.6 Å². The highest BCUT2D eigenvalue weighted by Crippen LogP contribution is 2.24. The van der Waals surface area contributed by atoms with Gasteiger partial charge in [0.2, 0.25) is 5.91 Å². The lowest BCUT2D eigenvalue weighted by molar-refractivity contribution is -0.121. The fraction of sp³-hybridized carbons (Fsp3) is 0.273. The zero-order valence-corrected chi connectivity index (χ0v) is 16.7. The number of aromatic nitrogens is 1. The normalized spacial score (nSPS) is 12.2. The van der Waals surface area contributed by atoms with E-state index in [9.17, 15) is 18.0 Å². The molecule has 158 valence electrons. The lowest BCUT2D eigenvalue weighted by atomic mass is 10.1. The van der Waals surface area contributed by atoms with Gasteiger partial charge in [0.25, 0.3) is 0 Å². The van der Waals surface area contributed by atoms with Crippen molar-refractivity contribution in [3.8, 4) is 11.3 Å². The quantitative estimate of drug-likeness (QED) is 0.599. The summed E-state index contributed by atoms with van der Waals surface area (Å²) in [6.07, 6.45) is 1.69. The molecule has 1 heterocycles. The van der Waals surface area contributed by atoms with Crippen molar-refractivity contribution in [2.75, 3.05) is 20.6 Å². The van der Waals surface area contributed by atoms with Crippen LogP contribution in [0.4, 0.5) is 13.2 Å². The molecule has 0 saturated heterocycles. The molecule has 0 aliphatic heterocycles. The molecule has 3 aromatic rings. The summed E-state index contributed by atoms with van der Waals surface area (Å²) in [7, 11) is 3.70. The van der Waals surface area contributed by atoms with E-state index in [1.54, 1.807) is 6.07 Å². The van der Waals surface area contributed by atoms with Crippen LogP contribution in [0.5, 0.6) is 0 Å². The van der Waals surface area contributed by atoms with Crippen molar-refractivity contribution in [1.82, 2.24) is 15.2 Å². The number of nitrogens with zero attached hydrogens (tertiary/aromatic N) is 2. The van der Waals surface area contributed by atoms with Crippen molar-refractivity contribution >= 4 is 5.91 Å².